The highest BCUT2D eigenvalue weighted by molar-refractivity contribution is 6.12. The predicted molar refractivity (Wildman–Crippen MR) is 190 cm³/mol. The second-order valence-corrected chi connectivity index (χ2v) is 13.8. The number of imide groups is 1. The number of nitrogens with one attached hydrogen (secondary N) is 2. The number of amides is 5. The molecule has 1 unspecified atom stereocenters. The second kappa shape index (κ2) is 17.8. The lowest BCUT2D eigenvalue weighted by molar-refractivity contribution is -0.140. The minimum Gasteiger partial charge on any atom is -0.387 e. The summed E-state index contributed by atoms with van der Waals surface area (Å²) in [5.74, 6) is -3.70. The van der Waals surface area contributed by atoms with Crippen molar-refractivity contribution >= 4 is 29.5 Å². The van der Waals surface area contributed by atoms with Crippen LogP contribution in [0, 0.1) is 17.0 Å². The first-order valence-electron chi connectivity index (χ1n) is 17.2. The molecule has 12 nitrogen and oxygen atoms in total. The third-order valence-electron chi connectivity index (χ3n) is 8.76. The van der Waals surface area contributed by atoms with Crippen LogP contribution >= 0.6 is 0 Å². The van der Waals surface area contributed by atoms with Crippen LogP contribution in [0.2, 0.25) is 0 Å². The lowest BCUT2D eigenvalue weighted by atomic mass is 9.82. The number of aliphatic hydroxyl groups excluding tert-OH is 1. The molecule has 3 aromatic rings. The molecule has 14 heteroatoms. The van der Waals surface area contributed by atoms with Crippen LogP contribution in [0.15, 0.2) is 72.9 Å². The van der Waals surface area contributed by atoms with E-state index in [4.69, 9.17) is 5.73 Å². The van der Waals surface area contributed by atoms with E-state index in [0.717, 1.165) is 28.7 Å². The fourth-order valence-corrected chi connectivity index (χ4v) is 6.18. The highest BCUT2D eigenvalue weighted by Crippen LogP contribution is 2.41. The highest BCUT2D eigenvalue weighted by atomic mass is 19.1. The molecule has 1 aliphatic rings. The number of unbranched alkanes of at least 4 members (excludes halogenated alkanes) is 2. The topological polar surface area (TPSA) is 167 Å². The summed E-state index contributed by atoms with van der Waals surface area (Å²) in [5, 5.41) is 10.0. The zero-order chi connectivity index (χ0) is 38.0. The average molecular weight is 721 g/mol. The Bertz CT molecular complexity index is 1770. The summed E-state index contributed by atoms with van der Waals surface area (Å²) in [6, 6.07) is 12.5. The predicted octanol–water partition coefficient (Wildman–Crippen LogP) is 3.74. The van der Waals surface area contributed by atoms with Crippen molar-refractivity contribution in [3.8, 4) is 11.1 Å². The van der Waals surface area contributed by atoms with Gasteiger partial charge < -0.3 is 20.3 Å². The molecule has 0 saturated heterocycles. The maximum absolute atomic E-state index is 15.0. The number of carbonyl (C=O) groups excluding carboxylic acids is 5. The highest BCUT2D eigenvalue weighted by Gasteiger charge is 2.37. The van der Waals surface area contributed by atoms with Gasteiger partial charge in [-0.3, -0.25) is 39.7 Å². The molecule has 2 heterocycles. The van der Waals surface area contributed by atoms with Crippen LogP contribution in [-0.2, 0) is 30.5 Å². The van der Waals surface area contributed by atoms with Crippen LogP contribution in [0.5, 0.6) is 0 Å². The Hall–Kier alpha value is -5.21. The zero-order valence-electron chi connectivity index (χ0n) is 29.6. The van der Waals surface area contributed by atoms with E-state index in [1.807, 2.05) is 55.7 Å². The Morgan fingerprint density at radius 2 is 1.63 bits per heavy atom. The van der Waals surface area contributed by atoms with Crippen molar-refractivity contribution in [1.29, 1.82) is 0 Å². The second-order valence-electron chi connectivity index (χ2n) is 13.8. The van der Waals surface area contributed by atoms with Crippen molar-refractivity contribution in [2.75, 3.05) is 19.7 Å². The molecule has 2 aromatic carbocycles. The monoisotopic (exact) mass is 720 g/mol. The smallest absolute Gasteiger partial charge is 0.255 e. The number of halogens is 2. The standard InChI is InChI=1S/C38H46F2N6O6/c1-38(2,3)36(31-20-26(28-21-27(39)13-14-29(28)40)23-44(31)22-25-10-6-4-7-11-25)46(35(51)24-47)19-17-30(41)37(52)43-42-32(48)12-8-5-9-18-45-33(49)15-16-34(45)50/h4,6-7,10-11,13-16,20-21,23,30,36,47H,5,8-9,12,17-19,22,24,41H2,1-3H3,(H,42,48)(H,43,52)/t30-,36?/m0/s1. The molecular weight excluding hydrogens is 674 g/mol. The summed E-state index contributed by atoms with van der Waals surface area (Å²) < 4.78 is 31.1. The van der Waals surface area contributed by atoms with E-state index >= 15 is 0 Å². The van der Waals surface area contributed by atoms with Gasteiger partial charge in [-0.05, 0) is 54.5 Å². The van der Waals surface area contributed by atoms with Gasteiger partial charge in [0.25, 0.3) is 17.7 Å². The van der Waals surface area contributed by atoms with Crippen molar-refractivity contribution in [2.24, 2.45) is 11.1 Å². The number of carbonyl (C=O) groups is 5. The Morgan fingerprint density at radius 3 is 2.29 bits per heavy atom. The van der Waals surface area contributed by atoms with Crippen LogP contribution < -0.4 is 16.6 Å². The molecule has 5 N–H and O–H groups in total. The third kappa shape index (κ3) is 10.4. The molecule has 52 heavy (non-hydrogen) atoms. The van der Waals surface area contributed by atoms with Crippen molar-refractivity contribution in [1.82, 2.24) is 25.2 Å². The maximum Gasteiger partial charge on any atom is 0.255 e. The number of nitrogens with two attached hydrogens (primary N) is 1. The van der Waals surface area contributed by atoms with Crippen molar-refractivity contribution < 1.29 is 37.9 Å². The number of hydrazine groups is 1. The van der Waals surface area contributed by atoms with Gasteiger partial charge in [0.15, 0.2) is 0 Å². The van der Waals surface area contributed by atoms with Crippen LogP contribution in [0.3, 0.4) is 0 Å². The molecule has 1 aliphatic heterocycles. The first kappa shape index (κ1) is 39.6. The molecule has 278 valence electrons. The van der Waals surface area contributed by atoms with Gasteiger partial charge in [0.2, 0.25) is 11.8 Å². The molecule has 1 aromatic heterocycles. The first-order chi connectivity index (χ1) is 24.7. The molecule has 0 aliphatic carbocycles. The zero-order valence-corrected chi connectivity index (χ0v) is 29.6. The minimum absolute atomic E-state index is 0.0341. The summed E-state index contributed by atoms with van der Waals surface area (Å²) >= 11 is 0. The van der Waals surface area contributed by atoms with E-state index in [2.05, 4.69) is 10.9 Å². The average Bonchev–Trinajstić information content (AvgIpc) is 3.66. The Balaban J connectivity index is 1.44. The summed E-state index contributed by atoms with van der Waals surface area (Å²) in [5.41, 5.74) is 12.1. The molecule has 0 spiro atoms. The van der Waals surface area contributed by atoms with E-state index in [1.165, 1.54) is 17.1 Å². The first-order valence-corrected chi connectivity index (χ1v) is 17.2. The molecule has 0 saturated carbocycles. The van der Waals surface area contributed by atoms with Crippen LogP contribution in [0.25, 0.3) is 11.1 Å². The number of aromatic nitrogens is 1. The van der Waals surface area contributed by atoms with Gasteiger partial charge in [0.05, 0.1) is 12.1 Å². The molecule has 0 radical (unpaired) electrons. The summed E-state index contributed by atoms with van der Waals surface area (Å²) in [6.07, 6.45) is 5.76. The maximum atomic E-state index is 15.0. The Kier molecular flexibility index (Phi) is 13.6. The van der Waals surface area contributed by atoms with E-state index < -0.39 is 53.5 Å². The van der Waals surface area contributed by atoms with Crippen molar-refractivity contribution in [3.63, 3.8) is 0 Å². The SMILES string of the molecule is CC(C)(C)C(c1cc(-c2cc(F)ccc2F)cn1Cc1ccccc1)N(CC[C@H](N)C(=O)NNC(=O)CCCCCN1C(=O)C=CC1=O)C(=O)CO. The summed E-state index contributed by atoms with van der Waals surface area (Å²) in [6.45, 7) is 5.44. The number of rotatable bonds is 16. The van der Waals surface area contributed by atoms with Gasteiger partial charge in [-0.1, -0.05) is 57.5 Å². The molecule has 4 rings (SSSR count). The van der Waals surface area contributed by atoms with Crippen molar-refractivity contribution in [2.45, 2.75) is 71.5 Å². The number of hydrogen-bond acceptors (Lipinski definition) is 7. The largest absolute Gasteiger partial charge is 0.387 e. The van der Waals surface area contributed by atoms with Crippen LogP contribution in [-0.4, -0.2) is 74.7 Å². The van der Waals surface area contributed by atoms with E-state index in [-0.39, 0.29) is 43.3 Å². The van der Waals surface area contributed by atoms with Gasteiger partial charge >= 0.3 is 0 Å². The number of nitrogens with zero attached hydrogens (tertiary/aromatic N) is 3. The van der Waals surface area contributed by atoms with E-state index in [9.17, 15) is 37.9 Å². The summed E-state index contributed by atoms with van der Waals surface area (Å²) in [4.78, 5) is 64.4. The van der Waals surface area contributed by atoms with Gasteiger partial charge in [-0.2, -0.15) is 0 Å². The number of benzene rings is 2. The molecular formula is C38H46F2N6O6. The summed E-state index contributed by atoms with van der Waals surface area (Å²) in [7, 11) is 0. The Labute approximate surface area is 301 Å². The normalized spacial score (nSPS) is 14.0. The number of hydrogen-bond donors (Lipinski definition) is 4. The molecule has 0 bridgehead atoms. The lowest BCUT2D eigenvalue weighted by Gasteiger charge is -2.41. The van der Waals surface area contributed by atoms with E-state index in [0.29, 0.717) is 37.1 Å². The van der Waals surface area contributed by atoms with Gasteiger partial charge in [0.1, 0.15) is 18.2 Å². The van der Waals surface area contributed by atoms with Gasteiger partial charge in [0, 0.05) is 61.2 Å². The quantitative estimate of drug-likeness (QED) is 0.0994. The fraction of sp³-hybridized carbons (Fsp3) is 0.395. The molecule has 2 atom stereocenters. The van der Waals surface area contributed by atoms with Gasteiger partial charge in [-0.15, -0.1) is 0 Å². The van der Waals surface area contributed by atoms with Crippen LogP contribution in [0.1, 0.15) is 70.2 Å². The minimum atomic E-state index is -1.15. The fourth-order valence-electron chi connectivity index (χ4n) is 6.18. The number of aliphatic hydroxyl groups is 1. The Morgan fingerprint density at radius 1 is 0.942 bits per heavy atom. The van der Waals surface area contributed by atoms with Crippen molar-refractivity contribution in [3.05, 3.63) is 95.8 Å². The third-order valence-corrected chi connectivity index (χ3v) is 8.76. The molecule has 0 fully saturated rings. The van der Waals surface area contributed by atoms with Crippen LogP contribution in [0.4, 0.5) is 8.78 Å². The molecule has 5 amide bonds. The van der Waals surface area contributed by atoms with E-state index in [1.54, 1.807) is 12.3 Å². The lowest BCUT2D eigenvalue weighted by Crippen LogP contribution is -2.51. The van der Waals surface area contributed by atoms with Gasteiger partial charge in [-0.25, -0.2) is 8.78 Å².